The molecular formula is C15H28Si. The summed E-state index contributed by atoms with van der Waals surface area (Å²) in [7, 11) is -1.24. The van der Waals surface area contributed by atoms with Crippen molar-refractivity contribution in [2.75, 3.05) is 0 Å². The largest absolute Gasteiger partial charge is 0.129 e. The van der Waals surface area contributed by atoms with Gasteiger partial charge in [-0.2, -0.15) is 0 Å². The molecule has 0 atom stereocenters. The van der Waals surface area contributed by atoms with Crippen LogP contribution in [0.1, 0.15) is 47.0 Å². The van der Waals surface area contributed by atoms with Crippen LogP contribution in [-0.4, -0.2) is 8.07 Å². The molecule has 16 heavy (non-hydrogen) atoms. The minimum absolute atomic E-state index is 0.570. The van der Waals surface area contributed by atoms with Gasteiger partial charge in [0.25, 0.3) is 0 Å². The standard InChI is InChI=1S/C15H28Si/c1-8-9-10-14(4)15(13(2)3)11-12-16(5,6)7/h13H,8-10H2,1-7H3/b15-14-. The molecule has 0 bridgehead atoms. The summed E-state index contributed by atoms with van der Waals surface area (Å²) in [6.07, 6.45) is 3.77. The SMILES string of the molecule is CCCC/C(C)=C(/C#C[Si](C)(C)C)C(C)C. The fourth-order valence-corrected chi connectivity index (χ4v) is 2.08. The number of allylic oxidation sites excluding steroid dienone is 2. The molecule has 0 aliphatic rings. The van der Waals surface area contributed by atoms with Crippen molar-refractivity contribution in [3.05, 3.63) is 11.1 Å². The van der Waals surface area contributed by atoms with Gasteiger partial charge in [0.1, 0.15) is 8.07 Å². The van der Waals surface area contributed by atoms with Crippen LogP contribution in [-0.2, 0) is 0 Å². The van der Waals surface area contributed by atoms with Gasteiger partial charge in [-0.1, -0.05) is 58.3 Å². The highest BCUT2D eigenvalue weighted by atomic mass is 28.3. The molecule has 0 heterocycles. The van der Waals surface area contributed by atoms with Gasteiger partial charge in [-0.05, 0) is 25.7 Å². The zero-order valence-electron chi connectivity index (χ0n) is 12.2. The zero-order valence-corrected chi connectivity index (χ0v) is 13.2. The summed E-state index contributed by atoms with van der Waals surface area (Å²) in [5.74, 6) is 4.03. The lowest BCUT2D eigenvalue weighted by molar-refractivity contribution is 0.740. The van der Waals surface area contributed by atoms with E-state index in [0.29, 0.717) is 5.92 Å². The van der Waals surface area contributed by atoms with Crippen molar-refractivity contribution >= 4 is 8.07 Å². The van der Waals surface area contributed by atoms with Crippen molar-refractivity contribution in [3.63, 3.8) is 0 Å². The van der Waals surface area contributed by atoms with E-state index < -0.39 is 8.07 Å². The lowest BCUT2D eigenvalue weighted by Crippen LogP contribution is -2.16. The van der Waals surface area contributed by atoms with Crippen molar-refractivity contribution in [2.45, 2.75) is 66.6 Å². The third-order valence-electron chi connectivity index (χ3n) is 2.51. The molecule has 0 saturated heterocycles. The summed E-state index contributed by atoms with van der Waals surface area (Å²) in [6.45, 7) is 15.9. The van der Waals surface area contributed by atoms with Gasteiger partial charge in [-0.15, -0.1) is 5.54 Å². The highest BCUT2D eigenvalue weighted by molar-refractivity contribution is 6.83. The number of hydrogen-bond donors (Lipinski definition) is 0. The molecule has 0 spiro atoms. The zero-order chi connectivity index (χ0) is 12.8. The fraction of sp³-hybridized carbons (Fsp3) is 0.733. The average Bonchev–Trinajstić information content (AvgIpc) is 2.12. The Morgan fingerprint density at radius 2 is 1.75 bits per heavy atom. The summed E-state index contributed by atoms with van der Waals surface area (Å²) < 4.78 is 0. The van der Waals surface area contributed by atoms with Gasteiger partial charge >= 0.3 is 0 Å². The molecule has 0 aliphatic carbocycles. The van der Waals surface area contributed by atoms with Crippen molar-refractivity contribution in [3.8, 4) is 11.5 Å². The maximum absolute atomic E-state index is 3.49. The highest BCUT2D eigenvalue weighted by Crippen LogP contribution is 2.18. The second-order valence-corrected chi connectivity index (χ2v) is 10.7. The second-order valence-electron chi connectivity index (χ2n) is 5.95. The van der Waals surface area contributed by atoms with Crippen LogP contribution in [0.15, 0.2) is 11.1 Å². The average molecular weight is 236 g/mol. The van der Waals surface area contributed by atoms with Crippen LogP contribution < -0.4 is 0 Å². The van der Waals surface area contributed by atoms with E-state index in [1.165, 1.54) is 30.4 Å². The molecule has 0 aromatic rings. The predicted molar refractivity (Wildman–Crippen MR) is 78.2 cm³/mol. The van der Waals surface area contributed by atoms with Crippen LogP contribution in [0.4, 0.5) is 0 Å². The molecule has 92 valence electrons. The van der Waals surface area contributed by atoms with E-state index >= 15 is 0 Å². The fourth-order valence-electron chi connectivity index (χ4n) is 1.58. The minimum atomic E-state index is -1.24. The van der Waals surface area contributed by atoms with Gasteiger partial charge in [0.05, 0.1) is 0 Å². The first-order valence-electron chi connectivity index (χ1n) is 6.50. The summed E-state index contributed by atoms with van der Waals surface area (Å²) in [5, 5.41) is 0. The second kappa shape index (κ2) is 6.96. The molecule has 0 radical (unpaired) electrons. The minimum Gasteiger partial charge on any atom is -0.127 e. The molecule has 0 aromatic heterocycles. The molecule has 0 rings (SSSR count). The van der Waals surface area contributed by atoms with E-state index in [1.54, 1.807) is 0 Å². The molecule has 0 saturated carbocycles. The Bertz CT molecular complexity index is 292. The maximum Gasteiger partial charge on any atom is 0.129 e. The van der Waals surface area contributed by atoms with Crippen LogP contribution >= 0.6 is 0 Å². The van der Waals surface area contributed by atoms with Crippen LogP contribution in [0.3, 0.4) is 0 Å². The van der Waals surface area contributed by atoms with Crippen LogP contribution in [0, 0.1) is 17.4 Å². The first-order chi connectivity index (χ1) is 7.28. The lowest BCUT2D eigenvalue weighted by Gasteiger charge is -2.11. The van der Waals surface area contributed by atoms with E-state index in [4.69, 9.17) is 0 Å². The first kappa shape index (κ1) is 15.5. The summed E-state index contributed by atoms with van der Waals surface area (Å²) in [6, 6.07) is 0. The highest BCUT2D eigenvalue weighted by Gasteiger charge is 2.10. The quantitative estimate of drug-likeness (QED) is 0.474. The van der Waals surface area contributed by atoms with Gasteiger partial charge in [0.2, 0.25) is 0 Å². The predicted octanol–water partition coefficient (Wildman–Crippen LogP) is 5.03. The Morgan fingerprint density at radius 3 is 2.12 bits per heavy atom. The molecule has 0 unspecified atom stereocenters. The number of hydrogen-bond acceptors (Lipinski definition) is 0. The van der Waals surface area contributed by atoms with Crippen molar-refractivity contribution < 1.29 is 0 Å². The third kappa shape index (κ3) is 6.90. The molecule has 0 aliphatic heterocycles. The van der Waals surface area contributed by atoms with Crippen molar-refractivity contribution in [2.24, 2.45) is 5.92 Å². The monoisotopic (exact) mass is 236 g/mol. The Morgan fingerprint density at radius 1 is 1.19 bits per heavy atom. The van der Waals surface area contributed by atoms with Gasteiger partial charge in [0.15, 0.2) is 0 Å². The smallest absolute Gasteiger partial charge is 0.127 e. The molecular weight excluding hydrogens is 208 g/mol. The van der Waals surface area contributed by atoms with Crippen LogP contribution in [0.2, 0.25) is 19.6 Å². The van der Waals surface area contributed by atoms with E-state index in [9.17, 15) is 0 Å². The molecule has 0 amide bonds. The molecule has 0 nitrogen and oxygen atoms in total. The van der Waals surface area contributed by atoms with Crippen LogP contribution in [0.5, 0.6) is 0 Å². The lowest BCUT2D eigenvalue weighted by atomic mass is 9.96. The Kier molecular flexibility index (Phi) is 6.75. The van der Waals surface area contributed by atoms with Gasteiger partial charge in [-0.25, -0.2) is 0 Å². The maximum atomic E-state index is 3.49. The Hall–Kier alpha value is -0.483. The van der Waals surface area contributed by atoms with Gasteiger partial charge in [0, 0.05) is 5.57 Å². The van der Waals surface area contributed by atoms with Gasteiger partial charge in [-0.3, -0.25) is 0 Å². The Labute approximate surface area is 104 Å². The summed E-state index contributed by atoms with van der Waals surface area (Å²) in [5.41, 5.74) is 6.38. The van der Waals surface area contributed by atoms with E-state index in [-0.39, 0.29) is 0 Å². The number of rotatable bonds is 4. The van der Waals surface area contributed by atoms with Gasteiger partial charge < -0.3 is 0 Å². The summed E-state index contributed by atoms with van der Waals surface area (Å²) in [4.78, 5) is 0. The van der Waals surface area contributed by atoms with E-state index in [1.807, 2.05) is 0 Å². The molecule has 0 aromatic carbocycles. The molecule has 0 fully saturated rings. The van der Waals surface area contributed by atoms with E-state index in [0.717, 1.165) is 0 Å². The van der Waals surface area contributed by atoms with Crippen molar-refractivity contribution in [1.82, 2.24) is 0 Å². The summed E-state index contributed by atoms with van der Waals surface area (Å²) >= 11 is 0. The normalized spacial score (nSPS) is 13.2. The Balaban J connectivity index is 4.91. The molecule has 1 heteroatoms. The topological polar surface area (TPSA) is 0 Å². The van der Waals surface area contributed by atoms with E-state index in [2.05, 4.69) is 58.8 Å². The van der Waals surface area contributed by atoms with Crippen LogP contribution in [0.25, 0.3) is 0 Å². The first-order valence-corrected chi connectivity index (χ1v) is 10.0. The molecule has 0 N–H and O–H groups in total. The third-order valence-corrected chi connectivity index (χ3v) is 3.39. The number of unbranched alkanes of at least 4 members (excludes halogenated alkanes) is 1. The van der Waals surface area contributed by atoms with Crippen molar-refractivity contribution in [1.29, 1.82) is 0 Å².